The predicted octanol–water partition coefficient (Wildman–Crippen LogP) is 3.91. The van der Waals surface area contributed by atoms with Crippen molar-refractivity contribution in [2.45, 2.75) is 6.54 Å². The average molecular weight is 385 g/mol. The first-order chi connectivity index (χ1) is 14.1. The Labute approximate surface area is 167 Å². The third-order valence-corrected chi connectivity index (χ3v) is 5.44. The fraction of sp³-hybridized carbons (Fsp3) is 0.130. The summed E-state index contributed by atoms with van der Waals surface area (Å²) in [4.78, 5) is 19.5. The SMILES string of the molecule is COc1ccc(-c2cccc3c(N)c4c(nc23)CN(C2=CC=C2)C4=O)c(OC)c1. The highest BCUT2D eigenvalue weighted by Crippen LogP contribution is 2.41. The Balaban J connectivity index is 1.71. The smallest absolute Gasteiger partial charge is 0.262 e. The van der Waals surface area contributed by atoms with Crippen molar-refractivity contribution in [2.75, 3.05) is 20.0 Å². The van der Waals surface area contributed by atoms with E-state index in [4.69, 9.17) is 20.2 Å². The van der Waals surface area contributed by atoms with Gasteiger partial charge in [-0.3, -0.25) is 4.79 Å². The molecular formula is C23H19N3O3. The Morgan fingerprint density at radius 3 is 2.62 bits per heavy atom. The van der Waals surface area contributed by atoms with Crippen LogP contribution in [-0.4, -0.2) is 30.0 Å². The molecule has 0 bridgehead atoms. The average Bonchev–Trinajstić information content (AvgIpc) is 3.02. The van der Waals surface area contributed by atoms with Crippen molar-refractivity contribution in [3.8, 4) is 22.6 Å². The van der Waals surface area contributed by atoms with Gasteiger partial charge in [-0.2, -0.15) is 0 Å². The third-order valence-electron chi connectivity index (χ3n) is 5.44. The van der Waals surface area contributed by atoms with Gasteiger partial charge in [-0.15, -0.1) is 0 Å². The van der Waals surface area contributed by atoms with E-state index >= 15 is 0 Å². The van der Waals surface area contributed by atoms with Gasteiger partial charge in [-0.25, -0.2) is 4.98 Å². The van der Waals surface area contributed by atoms with Crippen LogP contribution in [0.4, 0.5) is 5.69 Å². The zero-order valence-electron chi connectivity index (χ0n) is 16.1. The fourth-order valence-corrected chi connectivity index (χ4v) is 3.88. The van der Waals surface area contributed by atoms with Gasteiger partial charge in [0.2, 0.25) is 0 Å². The Hall–Kier alpha value is -3.80. The number of carbonyl (C=O) groups excluding carboxylic acids is 1. The van der Waals surface area contributed by atoms with Crippen LogP contribution in [0.25, 0.3) is 22.0 Å². The van der Waals surface area contributed by atoms with Crippen LogP contribution < -0.4 is 15.2 Å². The van der Waals surface area contributed by atoms with E-state index in [0.29, 0.717) is 35.0 Å². The number of carbonyl (C=O) groups is 1. The number of methoxy groups -OCH3 is 2. The van der Waals surface area contributed by atoms with Crippen molar-refractivity contribution in [1.82, 2.24) is 9.88 Å². The molecule has 2 aromatic carbocycles. The Kier molecular flexibility index (Phi) is 3.81. The molecule has 5 rings (SSSR count). The van der Waals surface area contributed by atoms with Crippen LogP contribution in [0.15, 0.2) is 60.3 Å². The maximum Gasteiger partial charge on any atom is 0.262 e. The highest BCUT2D eigenvalue weighted by Gasteiger charge is 2.34. The van der Waals surface area contributed by atoms with Gasteiger partial charge in [0.05, 0.1) is 43.2 Å². The number of ether oxygens (including phenoxy) is 2. The number of para-hydroxylation sites is 1. The number of hydrogen-bond donors (Lipinski definition) is 1. The standard InChI is InChI=1S/C23H19N3O3/c1-28-14-9-10-15(19(11-14)29-2)16-7-4-8-17-21(24)20-18(25-22(16)17)12-26(23(20)27)13-5-3-6-13/h3-11H,12H2,1-2H3,(H2,24,25). The lowest BCUT2D eigenvalue weighted by atomic mass is 9.98. The molecule has 0 fully saturated rings. The molecule has 0 saturated carbocycles. The number of rotatable bonds is 4. The number of hydrogen-bond acceptors (Lipinski definition) is 5. The first kappa shape index (κ1) is 17.3. The van der Waals surface area contributed by atoms with Crippen molar-refractivity contribution in [3.63, 3.8) is 0 Å². The fourth-order valence-electron chi connectivity index (χ4n) is 3.88. The molecule has 0 atom stereocenters. The number of nitrogens with zero attached hydrogens (tertiary/aromatic N) is 2. The molecule has 2 aliphatic rings. The summed E-state index contributed by atoms with van der Waals surface area (Å²) in [6.07, 6.45) is 5.73. The molecule has 0 spiro atoms. The van der Waals surface area contributed by atoms with Gasteiger partial charge >= 0.3 is 0 Å². The summed E-state index contributed by atoms with van der Waals surface area (Å²) in [6.45, 7) is 0.415. The van der Waals surface area contributed by atoms with Crippen LogP contribution in [-0.2, 0) is 6.54 Å². The zero-order chi connectivity index (χ0) is 20.1. The van der Waals surface area contributed by atoms with Crippen LogP contribution >= 0.6 is 0 Å². The Morgan fingerprint density at radius 2 is 1.93 bits per heavy atom. The summed E-state index contributed by atoms with van der Waals surface area (Å²) in [5.41, 5.74) is 11.5. The number of nitrogen functional groups attached to an aromatic ring is 1. The first-order valence-electron chi connectivity index (χ1n) is 9.26. The number of benzene rings is 2. The minimum Gasteiger partial charge on any atom is -0.497 e. The summed E-state index contributed by atoms with van der Waals surface area (Å²) in [7, 11) is 3.24. The van der Waals surface area contributed by atoms with E-state index in [0.717, 1.165) is 27.7 Å². The second-order valence-corrected chi connectivity index (χ2v) is 6.96. The van der Waals surface area contributed by atoms with Gasteiger partial charge in [-0.05, 0) is 24.3 Å². The lowest BCUT2D eigenvalue weighted by molar-refractivity contribution is 0.0831. The maximum absolute atomic E-state index is 12.9. The predicted molar refractivity (Wildman–Crippen MR) is 112 cm³/mol. The van der Waals surface area contributed by atoms with Gasteiger partial charge in [0, 0.05) is 28.3 Å². The van der Waals surface area contributed by atoms with E-state index < -0.39 is 0 Å². The lowest BCUT2D eigenvalue weighted by Gasteiger charge is -2.19. The molecule has 0 saturated heterocycles. The number of amides is 1. The van der Waals surface area contributed by atoms with Crippen molar-refractivity contribution in [1.29, 1.82) is 0 Å². The van der Waals surface area contributed by atoms with Crippen molar-refractivity contribution in [3.05, 3.63) is 71.6 Å². The normalized spacial score (nSPS) is 14.6. The number of anilines is 1. The summed E-state index contributed by atoms with van der Waals surface area (Å²) >= 11 is 0. The quantitative estimate of drug-likeness (QED) is 0.737. The monoisotopic (exact) mass is 385 g/mol. The number of pyridine rings is 1. The molecule has 2 N–H and O–H groups in total. The molecule has 3 aromatic rings. The van der Waals surface area contributed by atoms with Crippen molar-refractivity contribution >= 4 is 22.5 Å². The van der Waals surface area contributed by atoms with Gasteiger partial charge in [0.15, 0.2) is 0 Å². The minimum atomic E-state index is -0.102. The van der Waals surface area contributed by atoms with Crippen molar-refractivity contribution < 1.29 is 14.3 Å². The van der Waals surface area contributed by atoms with Crippen LogP contribution in [0.1, 0.15) is 16.1 Å². The van der Waals surface area contributed by atoms with Crippen LogP contribution in [0.3, 0.4) is 0 Å². The molecule has 2 heterocycles. The first-order valence-corrected chi connectivity index (χ1v) is 9.26. The molecular weight excluding hydrogens is 366 g/mol. The van der Waals surface area contributed by atoms with Crippen LogP contribution in [0, 0.1) is 0 Å². The van der Waals surface area contributed by atoms with Crippen molar-refractivity contribution in [2.24, 2.45) is 0 Å². The molecule has 0 unspecified atom stereocenters. The van der Waals surface area contributed by atoms with Crippen LogP contribution in [0.5, 0.6) is 11.5 Å². The second-order valence-electron chi connectivity index (χ2n) is 6.96. The lowest BCUT2D eigenvalue weighted by Crippen LogP contribution is -2.24. The van der Waals surface area contributed by atoms with Gasteiger partial charge in [0.1, 0.15) is 11.5 Å². The highest BCUT2D eigenvalue weighted by molar-refractivity contribution is 6.12. The molecule has 6 nitrogen and oxygen atoms in total. The van der Waals surface area contributed by atoms with E-state index in [2.05, 4.69) is 0 Å². The number of fused-ring (bicyclic) bond motifs is 2. The van der Waals surface area contributed by atoms with E-state index in [-0.39, 0.29) is 5.91 Å². The Bertz CT molecular complexity index is 1240. The zero-order valence-corrected chi connectivity index (χ0v) is 16.1. The molecule has 1 amide bonds. The second kappa shape index (κ2) is 6.38. The number of nitrogens with two attached hydrogens (primary N) is 1. The summed E-state index contributed by atoms with van der Waals surface area (Å²) in [6, 6.07) is 11.5. The Morgan fingerprint density at radius 1 is 1.10 bits per heavy atom. The van der Waals surface area contributed by atoms with Gasteiger partial charge in [-0.1, -0.05) is 24.3 Å². The number of aromatic nitrogens is 1. The minimum absolute atomic E-state index is 0.102. The largest absolute Gasteiger partial charge is 0.497 e. The summed E-state index contributed by atoms with van der Waals surface area (Å²) < 4.78 is 10.9. The molecule has 1 aliphatic carbocycles. The van der Waals surface area contributed by atoms with Crippen LogP contribution in [0.2, 0.25) is 0 Å². The maximum atomic E-state index is 12.9. The molecule has 29 heavy (non-hydrogen) atoms. The third kappa shape index (κ3) is 2.49. The van der Waals surface area contributed by atoms with E-state index in [1.165, 1.54) is 0 Å². The van der Waals surface area contributed by atoms with Gasteiger partial charge < -0.3 is 20.1 Å². The van der Waals surface area contributed by atoms with E-state index in [9.17, 15) is 4.79 Å². The number of allylic oxidation sites excluding steroid dienone is 3. The van der Waals surface area contributed by atoms with E-state index in [1.54, 1.807) is 19.1 Å². The molecule has 1 aliphatic heterocycles. The summed E-state index contributed by atoms with van der Waals surface area (Å²) in [5.74, 6) is 1.29. The molecule has 6 heteroatoms. The molecule has 144 valence electrons. The van der Waals surface area contributed by atoms with E-state index in [1.807, 2.05) is 54.6 Å². The highest BCUT2D eigenvalue weighted by atomic mass is 16.5. The topological polar surface area (TPSA) is 77.7 Å². The summed E-state index contributed by atoms with van der Waals surface area (Å²) in [5, 5.41) is 0.757. The molecule has 1 aromatic heterocycles. The molecule has 0 radical (unpaired) electrons. The van der Waals surface area contributed by atoms with Gasteiger partial charge in [0.25, 0.3) is 5.91 Å².